The normalized spacial score (nSPS) is 11.2. The first-order valence-corrected chi connectivity index (χ1v) is 11.5. The Labute approximate surface area is 213 Å². The molecule has 2 aromatic carbocycles. The lowest BCUT2D eigenvalue weighted by Crippen LogP contribution is -2.28. The molecule has 7 nitrogen and oxygen atoms in total. The molecule has 3 rings (SSSR count). The van der Waals surface area contributed by atoms with E-state index in [0.29, 0.717) is 34.1 Å². The van der Waals surface area contributed by atoms with E-state index in [1.165, 1.54) is 44.6 Å². The van der Waals surface area contributed by atoms with Crippen LogP contribution in [-0.4, -0.2) is 48.1 Å². The first kappa shape index (κ1) is 27.1. The van der Waals surface area contributed by atoms with Crippen LogP contribution >= 0.6 is 11.6 Å². The van der Waals surface area contributed by atoms with Crippen molar-refractivity contribution in [2.45, 2.75) is 32.3 Å². The van der Waals surface area contributed by atoms with E-state index in [-0.39, 0.29) is 41.7 Å². The fourth-order valence-corrected chi connectivity index (χ4v) is 3.51. The summed E-state index contributed by atoms with van der Waals surface area (Å²) in [4.78, 5) is 30.0. The second-order valence-corrected chi connectivity index (χ2v) is 9.10. The van der Waals surface area contributed by atoms with Crippen LogP contribution < -0.4 is 14.2 Å². The number of carbonyl (C=O) groups is 2. The number of rotatable bonds is 11. The highest BCUT2D eigenvalue weighted by Crippen LogP contribution is 2.32. The van der Waals surface area contributed by atoms with Crippen LogP contribution in [-0.2, 0) is 0 Å². The van der Waals surface area contributed by atoms with Crippen molar-refractivity contribution in [2.75, 3.05) is 20.8 Å². The average Bonchev–Trinajstić information content (AvgIpc) is 2.86. The SMILES string of the molecule is COc1cc(C(=O)CCC(=O)c2ccc(OC)c(-c3ccc(F)c(Cl)c3)n2)ccc1OCC(C)(C)O. The van der Waals surface area contributed by atoms with Gasteiger partial charge in [-0.25, -0.2) is 9.37 Å². The predicted molar refractivity (Wildman–Crippen MR) is 134 cm³/mol. The Kier molecular flexibility index (Phi) is 8.66. The third kappa shape index (κ3) is 6.80. The Morgan fingerprint density at radius 2 is 1.61 bits per heavy atom. The molecule has 190 valence electrons. The first-order chi connectivity index (χ1) is 17.0. The molecule has 0 aliphatic heterocycles. The number of pyridine rings is 1. The van der Waals surface area contributed by atoms with Gasteiger partial charge < -0.3 is 19.3 Å². The maximum absolute atomic E-state index is 13.6. The molecule has 0 radical (unpaired) electrons. The summed E-state index contributed by atoms with van der Waals surface area (Å²) >= 11 is 5.90. The number of Topliss-reactive ketones (excluding diaryl/α,β-unsaturated/α-hetero) is 2. The molecule has 0 unspecified atom stereocenters. The molecule has 0 spiro atoms. The molecular weight excluding hydrogens is 489 g/mol. The van der Waals surface area contributed by atoms with Crippen molar-refractivity contribution in [1.29, 1.82) is 0 Å². The minimum atomic E-state index is -1.03. The second-order valence-electron chi connectivity index (χ2n) is 8.69. The third-order valence-corrected chi connectivity index (χ3v) is 5.49. The number of aromatic nitrogens is 1. The van der Waals surface area contributed by atoms with Crippen molar-refractivity contribution in [3.63, 3.8) is 0 Å². The van der Waals surface area contributed by atoms with Gasteiger partial charge in [-0.15, -0.1) is 0 Å². The van der Waals surface area contributed by atoms with Crippen LogP contribution in [0, 0.1) is 5.82 Å². The Hall–Kier alpha value is -3.49. The molecule has 1 heterocycles. The summed E-state index contributed by atoms with van der Waals surface area (Å²) in [6.07, 6.45) is -0.113. The zero-order valence-corrected chi connectivity index (χ0v) is 21.2. The minimum absolute atomic E-state index is 0.0444. The van der Waals surface area contributed by atoms with E-state index in [2.05, 4.69) is 4.98 Å². The van der Waals surface area contributed by atoms with E-state index in [0.717, 1.165) is 0 Å². The maximum atomic E-state index is 13.6. The van der Waals surface area contributed by atoms with Crippen molar-refractivity contribution < 1.29 is 33.3 Å². The number of hydrogen-bond donors (Lipinski definition) is 1. The topological polar surface area (TPSA) is 95.0 Å². The van der Waals surface area contributed by atoms with Gasteiger partial charge in [0.2, 0.25) is 0 Å². The summed E-state index contributed by atoms with van der Waals surface area (Å²) in [6, 6.07) is 11.9. The van der Waals surface area contributed by atoms with Gasteiger partial charge in [-0.05, 0) is 62.4 Å². The van der Waals surface area contributed by atoms with Crippen molar-refractivity contribution in [2.24, 2.45) is 0 Å². The minimum Gasteiger partial charge on any atom is -0.494 e. The van der Waals surface area contributed by atoms with Gasteiger partial charge in [0.25, 0.3) is 0 Å². The quantitative estimate of drug-likeness (QED) is 0.334. The van der Waals surface area contributed by atoms with Crippen LogP contribution in [0.2, 0.25) is 5.02 Å². The van der Waals surface area contributed by atoms with Crippen LogP contribution in [0.25, 0.3) is 11.3 Å². The summed E-state index contributed by atoms with van der Waals surface area (Å²) in [5, 5.41) is 9.77. The number of carbonyl (C=O) groups excluding carboxylic acids is 2. The number of ketones is 2. The van der Waals surface area contributed by atoms with Crippen molar-refractivity contribution in [3.8, 4) is 28.5 Å². The lowest BCUT2D eigenvalue weighted by molar-refractivity contribution is 0.0276. The second kappa shape index (κ2) is 11.5. The highest BCUT2D eigenvalue weighted by molar-refractivity contribution is 6.31. The zero-order valence-electron chi connectivity index (χ0n) is 20.4. The Balaban J connectivity index is 1.73. The molecule has 36 heavy (non-hydrogen) atoms. The molecule has 1 aromatic heterocycles. The Morgan fingerprint density at radius 3 is 2.25 bits per heavy atom. The predicted octanol–water partition coefficient (Wildman–Crippen LogP) is 5.55. The van der Waals surface area contributed by atoms with Crippen molar-refractivity contribution >= 4 is 23.2 Å². The summed E-state index contributed by atoms with van der Waals surface area (Å²) < 4.78 is 29.8. The molecule has 0 fully saturated rings. The molecule has 0 amide bonds. The van der Waals surface area contributed by atoms with Crippen LogP contribution in [0.5, 0.6) is 17.2 Å². The van der Waals surface area contributed by atoms with Crippen LogP contribution in [0.15, 0.2) is 48.5 Å². The largest absolute Gasteiger partial charge is 0.494 e. The molecule has 3 aromatic rings. The van der Waals surface area contributed by atoms with Crippen LogP contribution in [0.3, 0.4) is 0 Å². The molecule has 0 atom stereocenters. The van der Waals surface area contributed by atoms with Gasteiger partial charge in [-0.3, -0.25) is 9.59 Å². The molecule has 0 saturated heterocycles. The van der Waals surface area contributed by atoms with Gasteiger partial charge in [0.1, 0.15) is 29.6 Å². The van der Waals surface area contributed by atoms with E-state index in [1.54, 1.807) is 32.0 Å². The van der Waals surface area contributed by atoms with Gasteiger partial charge in [0.15, 0.2) is 23.1 Å². The first-order valence-electron chi connectivity index (χ1n) is 11.1. The van der Waals surface area contributed by atoms with Gasteiger partial charge >= 0.3 is 0 Å². The summed E-state index contributed by atoms with van der Waals surface area (Å²) in [5.41, 5.74) is 0.301. The van der Waals surface area contributed by atoms with Gasteiger partial charge in [-0.1, -0.05) is 11.6 Å². The number of halogens is 2. The van der Waals surface area contributed by atoms with Gasteiger partial charge in [-0.2, -0.15) is 0 Å². The zero-order chi connectivity index (χ0) is 26.5. The third-order valence-electron chi connectivity index (χ3n) is 5.20. The van der Waals surface area contributed by atoms with E-state index < -0.39 is 11.4 Å². The van der Waals surface area contributed by atoms with Crippen LogP contribution in [0.4, 0.5) is 4.39 Å². The molecular formula is C27H27ClFNO6. The van der Waals surface area contributed by atoms with Crippen molar-refractivity contribution in [1.82, 2.24) is 4.98 Å². The maximum Gasteiger partial charge on any atom is 0.181 e. The Bertz CT molecular complexity index is 1270. The van der Waals surface area contributed by atoms with Gasteiger partial charge in [0.05, 0.1) is 24.8 Å². The molecule has 0 bridgehead atoms. The molecule has 0 saturated carbocycles. The number of aliphatic hydroxyl groups is 1. The lowest BCUT2D eigenvalue weighted by Gasteiger charge is -2.19. The summed E-state index contributed by atoms with van der Waals surface area (Å²) in [7, 11) is 2.91. The smallest absolute Gasteiger partial charge is 0.181 e. The number of methoxy groups -OCH3 is 2. The van der Waals surface area contributed by atoms with E-state index in [9.17, 15) is 19.1 Å². The summed E-state index contributed by atoms with van der Waals surface area (Å²) in [5.74, 6) is -0.0332. The standard InChI is InChI=1S/C27H27ClFNO6/c1-27(2,33)15-36-23-11-6-16(14-25(23)35-4)21(31)9-10-22(32)20-8-12-24(34-3)26(30-20)17-5-7-19(29)18(28)13-17/h5-8,11-14,33H,9-10,15H2,1-4H3. The Morgan fingerprint density at radius 1 is 0.944 bits per heavy atom. The molecule has 0 aliphatic rings. The lowest BCUT2D eigenvalue weighted by atomic mass is 10.0. The van der Waals surface area contributed by atoms with Gasteiger partial charge in [0, 0.05) is 24.0 Å². The van der Waals surface area contributed by atoms with E-state index >= 15 is 0 Å². The van der Waals surface area contributed by atoms with Crippen LogP contribution in [0.1, 0.15) is 47.5 Å². The van der Waals surface area contributed by atoms with E-state index in [1.807, 2.05) is 0 Å². The number of nitrogens with zero attached hydrogens (tertiary/aromatic N) is 1. The monoisotopic (exact) mass is 515 g/mol. The number of hydrogen-bond acceptors (Lipinski definition) is 7. The fraction of sp³-hybridized carbons (Fsp3) is 0.296. The summed E-state index contributed by atoms with van der Waals surface area (Å²) in [6.45, 7) is 3.28. The highest BCUT2D eigenvalue weighted by atomic mass is 35.5. The number of benzene rings is 2. The molecule has 9 heteroatoms. The van der Waals surface area contributed by atoms with Crippen molar-refractivity contribution in [3.05, 3.63) is 70.6 Å². The molecule has 0 aliphatic carbocycles. The average molecular weight is 516 g/mol. The number of ether oxygens (including phenoxy) is 3. The fourth-order valence-electron chi connectivity index (χ4n) is 3.33. The highest BCUT2D eigenvalue weighted by Gasteiger charge is 2.19. The van der Waals surface area contributed by atoms with E-state index in [4.69, 9.17) is 25.8 Å². The molecule has 1 N–H and O–H groups in total.